The summed E-state index contributed by atoms with van der Waals surface area (Å²) in [6, 6.07) is 0. The van der Waals surface area contributed by atoms with Crippen molar-refractivity contribution in [2.45, 2.75) is 12.6 Å². The second-order valence-electron chi connectivity index (χ2n) is 2.20. The Morgan fingerprint density at radius 1 is 1.64 bits per heavy atom. The third kappa shape index (κ3) is 4.07. The average Bonchev–Trinajstić information content (AvgIpc) is 1.56. The van der Waals surface area contributed by atoms with Gasteiger partial charge in [-0.15, -0.1) is 0 Å². The van der Waals surface area contributed by atoms with Crippen molar-refractivity contribution < 1.29 is 19.6 Å². The van der Waals surface area contributed by atoms with Crippen molar-refractivity contribution in [1.29, 1.82) is 0 Å². The molecule has 1 unspecified atom stereocenters. The molecule has 1 atom stereocenters. The van der Waals surface area contributed by atoms with E-state index < -0.39 is 19.3 Å². The number of hydrogen-bond acceptors (Lipinski definition) is 3. The predicted molar refractivity (Wildman–Crippen MR) is 37.4 cm³/mol. The van der Waals surface area contributed by atoms with Gasteiger partial charge in [0.15, 0.2) is 0 Å². The van der Waals surface area contributed by atoms with Crippen molar-refractivity contribution in [2.75, 3.05) is 0 Å². The first-order chi connectivity index (χ1) is 4.65. The Bertz CT molecular complexity index is 209. The molecule has 0 bridgehead atoms. The molecule has 0 radical (unpaired) electrons. The van der Waals surface area contributed by atoms with Crippen LogP contribution in [0.25, 0.3) is 0 Å². The third-order valence-electron chi connectivity index (χ3n) is 0.809. The van der Waals surface area contributed by atoms with Crippen molar-refractivity contribution in [2.24, 2.45) is 11.0 Å². The summed E-state index contributed by atoms with van der Waals surface area (Å²) in [5, 5.41) is 18.8. The first kappa shape index (κ1) is 10.5. The van der Waals surface area contributed by atoms with E-state index in [2.05, 4.69) is 0 Å². The summed E-state index contributed by atoms with van der Waals surface area (Å²) in [5.41, 5.74) is 7.15. The van der Waals surface area contributed by atoms with Crippen LogP contribution in [0.15, 0.2) is 0 Å². The van der Waals surface area contributed by atoms with Gasteiger partial charge in [-0.05, 0) is 6.92 Å². The van der Waals surface area contributed by atoms with Crippen LogP contribution in [-0.4, -0.2) is 21.9 Å². The lowest BCUT2D eigenvalue weighted by Gasteiger charge is -2.21. The molecule has 0 fully saturated rings. The van der Waals surface area contributed by atoms with E-state index in [4.69, 9.17) is 21.2 Å². The van der Waals surface area contributed by atoms with Crippen LogP contribution >= 0.6 is 7.59 Å². The van der Waals surface area contributed by atoms with E-state index in [1.54, 1.807) is 5.09 Å². The highest BCUT2D eigenvalue weighted by Crippen LogP contribution is 2.22. The fraction of sp³-hybridized carbons (Fsp3) is 0.667. The lowest BCUT2D eigenvalue weighted by atomic mass is 10.3. The molecule has 66 valence electrons. The van der Waals surface area contributed by atoms with Crippen molar-refractivity contribution in [1.82, 2.24) is 5.09 Å². The summed E-state index contributed by atoms with van der Waals surface area (Å²) >= 11 is 0. The summed E-state index contributed by atoms with van der Waals surface area (Å²) in [7, 11) is -3.72. The van der Waals surface area contributed by atoms with E-state index >= 15 is 0 Å². The molecule has 0 spiro atoms. The number of carboxylic acid groups (broad SMARTS) is 1. The van der Waals surface area contributed by atoms with E-state index in [1.165, 1.54) is 0 Å². The summed E-state index contributed by atoms with van der Waals surface area (Å²) in [6.07, 6.45) is 0. The number of nitrogens with two attached hydrogens (primary N) is 2. The summed E-state index contributed by atoms with van der Waals surface area (Å²) in [6.45, 7) is 0.877. The van der Waals surface area contributed by atoms with E-state index in [1.807, 2.05) is 0 Å². The molecule has 8 heteroatoms. The van der Waals surface area contributed by atoms with Crippen LogP contribution in [-0.2, 0) is 9.36 Å². The lowest BCUT2D eigenvalue weighted by molar-refractivity contribution is -0.157. The summed E-state index contributed by atoms with van der Waals surface area (Å²) in [5.74, 6) is -1.60. The highest BCUT2D eigenvalue weighted by atomic mass is 31.2. The molecule has 0 aliphatic rings. The van der Waals surface area contributed by atoms with Gasteiger partial charge in [-0.1, -0.05) is 0 Å². The first-order valence-corrected chi connectivity index (χ1v) is 4.42. The van der Waals surface area contributed by atoms with Gasteiger partial charge in [0.25, 0.3) is 7.59 Å². The fourth-order valence-corrected chi connectivity index (χ4v) is 1.16. The molecule has 0 amide bonds. The van der Waals surface area contributed by atoms with Gasteiger partial charge in [0, 0.05) is 0 Å². The zero-order chi connectivity index (χ0) is 9.28. The van der Waals surface area contributed by atoms with Crippen LogP contribution in [0.5, 0.6) is 0 Å². The molecular formula is C3H10N3O4P. The van der Waals surface area contributed by atoms with Crippen LogP contribution in [0.2, 0.25) is 0 Å². The maximum atomic E-state index is 10.6. The van der Waals surface area contributed by atoms with Gasteiger partial charge in [-0.2, -0.15) is 0 Å². The van der Waals surface area contributed by atoms with Crippen LogP contribution in [0, 0.1) is 0 Å². The van der Waals surface area contributed by atoms with Crippen LogP contribution in [0.4, 0.5) is 0 Å². The Labute approximate surface area is 62.9 Å². The molecular weight excluding hydrogens is 173 g/mol. The monoisotopic (exact) mass is 183 g/mol. The number of hydrogen-bond donors (Lipinski definition) is 5. The number of aliphatic hydroxyl groups is 1. The molecule has 0 aromatic heterocycles. The van der Waals surface area contributed by atoms with Crippen LogP contribution < -0.4 is 16.1 Å². The second kappa shape index (κ2) is 2.88. The summed E-state index contributed by atoms with van der Waals surface area (Å²) < 4.78 is 10.6. The standard InChI is InChI=1S/C3H10N3O4P/c1-3(9,2(7)8)6-11(4,5)10/h9H,1H3,(H,7,8)(H5,4,5,6,10). The van der Waals surface area contributed by atoms with Crippen LogP contribution in [0.3, 0.4) is 0 Å². The molecule has 0 aromatic carbocycles. The zero-order valence-electron chi connectivity index (χ0n) is 5.81. The van der Waals surface area contributed by atoms with Gasteiger partial charge in [-0.25, -0.2) is 9.88 Å². The zero-order valence-corrected chi connectivity index (χ0v) is 6.71. The van der Waals surface area contributed by atoms with Gasteiger partial charge in [0.05, 0.1) is 0 Å². The molecule has 0 aliphatic carbocycles. The molecule has 0 aliphatic heterocycles. The molecule has 0 heterocycles. The normalized spacial score (nSPS) is 17.5. The van der Waals surface area contributed by atoms with Gasteiger partial charge >= 0.3 is 5.97 Å². The van der Waals surface area contributed by atoms with Crippen LogP contribution in [0.1, 0.15) is 6.92 Å². The van der Waals surface area contributed by atoms with Gasteiger partial charge in [-0.3, -0.25) is 15.6 Å². The maximum Gasteiger partial charge on any atom is 0.351 e. The smallest absolute Gasteiger partial charge is 0.351 e. The molecule has 0 saturated carbocycles. The van der Waals surface area contributed by atoms with E-state index in [0.29, 0.717) is 0 Å². The maximum absolute atomic E-state index is 10.6. The van der Waals surface area contributed by atoms with Crippen molar-refractivity contribution in [3.8, 4) is 0 Å². The largest absolute Gasteiger partial charge is 0.478 e. The SMILES string of the molecule is CC(O)(NP(N)(N)=O)C(=O)O. The highest BCUT2D eigenvalue weighted by Gasteiger charge is 2.34. The van der Waals surface area contributed by atoms with E-state index in [9.17, 15) is 9.36 Å². The van der Waals surface area contributed by atoms with E-state index in [-0.39, 0.29) is 0 Å². The molecule has 7 N–H and O–H groups in total. The molecule has 0 aromatic rings. The topological polar surface area (TPSA) is 139 Å². The van der Waals surface area contributed by atoms with Crippen molar-refractivity contribution >= 4 is 13.6 Å². The Morgan fingerprint density at radius 2 is 2.00 bits per heavy atom. The Hall–Kier alpha value is -0.460. The first-order valence-electron chi connectivity index (χ1n) is 2.57. The Balaban J connectivity index is 4.37. The van der Waals surface area contributed by atoms with Gasteiger partial charge < -0.3 is 10.2 Å². The Morgan fingerprint density at radius 3 is 2.09 bits per heavy atom. The molecule has 0 rings (SSSR count). The van der Waals surface area contributed by atoms with Gasteiger partial charge in [0.1, 0.15) is 0 Å². The number of nitrogens with one attached hydrogen (secondary N) is 1. The lowest BCUT2D eigenvalue weighted by Crippen LogP contribution is -2.49. The molecule has 7 nitrogen and oxygen atoms in total. The highest BCUT2D eigenvalue weighted by molar-refractivity contribution is 7.56. The molecule has 0 saturated heterocycles. The number of carboxylic acids is 1. The average molecular weight is 183 g/mol. The predicted octanol–water partition coefficient (Wildman–Crippen LogP) is -1.61. The number of rotatable bonds is 3. The third-order valence-corrected chi connectivity index (χ3v) is 1.59. The van der Waals surface area contributed by atoms with Crippen molar-refractivity contribution in [3.63, 3.8) is 0 Å². The number of aliphatic carboxylic acids is 1. The Kier molecular flexibility index (Phi) is 2.76. The minimum absolute atomic E-state index is 0.877. The summed E-state index contributed by atoms with van der Waals surface area (Å²) in [4.78, 5) is 10.2. The van der Waals surface area contributed by atoms with E-state index in [0.717, 1.165) is 6.92 Å². The fourth-order valence-electron chi connectivity index (χ4n) is 0.388. The quantitative estimate of drug-likeness (QED) is 0.262. The van der Waals surface area contributed by atoms with Gasteiger partial charge in [0.2, 0.25) is 5.72 Å². The second-order valence-corrected chi connectivity index (χ2v) is 3.84. The minimum atomic E-state index is -3.72. The minimum Gasteiger partial charge on any atom is -0.478 e. The number of carbonyl (C=O) groups is 1. The van der Waals surface area contributed by atoms with Crippen molar-refractivity contribution in [3.05, 3.63) is 0 Å². The molecule has 11 heavy (non-hydrogen) atoms.